The van der Waals surface area contributed by atoms with Crippen LogP contribution in [0.25, 0.3) is 0 Å². The number of halogens is 1. The number of carbonyl (C=O) groups excluding carboxylic acids is 1. The first-order valence-corrected chi connectivity index (χ1v) is 6.15. The number of rotatable bonds is 4. The minimum atomic E-state index is -0.254. The lowest BCUT2D eigenvalue weighted by Gasteiger charge is -2.21. The molecule has 17 heavy (non-hydrogen) atoms. The van der Waals surface area contributed by atoms with Crippen LogP contribution in [0.3, 0.4) is 0 Å². The molecule has 1 aromatic heterocycles. The van der Waals surface area contributed by atoms with E-state index in [2.05, 4.69) is 0 Å². The topological polar surface area (TPSA) is 20.3 Å². The van der Waals surface area contributed by atoms with Crippen molar-refractivity contribution >= 4 is 28.3 Å². The SMILES string of the molecule is CCN(c1ccc(C=O)s1)c1ccccc1F. The van der Waals surface area contributed by atoms with E-state index in [-0.39, 0.29) is 5.82 Å². The lowest BCUT2D eigenvalue weighted by Crippen LogP contribution is -2.15. The maximum absolute atomic E-state index is 13.7. The van der Waals surface area contributed by atoms with E-state index < -0.39 is 0 Å². The van der Waals surface area contributed by atoms with Gasteiger partial charge in [0.2, 0.25) is 0 Å². The summed E-state index contributed by atoms with van der Waals surface area (Å²) in [6, 6.07) is 10.2. The summed E-state index contributed by atoms with van der Waals surface area (Å²) in [5.41, 5.74) is 0.536. The molecule has 0 aliphatic carbocycles. The predicted octanol–water partition coefficient (Wildman–Crippen LogP) is 3.86. The van der Waals surface area contributed by atoms with Gasteiger partial charge in [0.1, 0.15) is 5.82 Å². The number of benzene rings is 1. The number of hydrogen-bond acceptors (Lipinski definition) is 3. The van der Waals surface area contributed by atoms with Crippen LogP contribution in [-0.4, -0.2) is 12.8 Å². The molecule has 0 aliphatic rings. The molecule has 1 aromatic carbocycles. The Kier molecular flexibility index (Phi) is 3.54. The van der Waals surface area contributed by atoms with E-state index >= 15 is 0 Å². The third-order valence-corrected chi connectivity index (χ3v) is 3.49. The van der Waals surface area contributed by atoms with Crippen LogP contribution in [0, 0.1) is 5.82 Å². The van der Waals surface area contributed by atoms with Gasteiger partial charge in [-0.3, -0.25) is 4.79 Å². The Hall–Kier alpha value is -1.68. The standard InChI is InChI=1S/C13H12FNOS/c1-2-15(12-6-4-3-5-11(12)14)13-8-7-10(9-16)17-13/h3-9H,2H2,1H3. The van der Waals surface area contributed by atoms with Gasteiger partial charge in [-0.25, -0.2) is 4.39 Å². The Bertz CT molecular complexity index is 524. The summed E-state index contributed by atoms with van der Waals surface area (Å²) in [5, 5.41) is 0.875. The van der Waals surface area contributed by atoms with Crippen molar-refractivity contribution in [1.82, 2.24) is 0 Å². The number of anilines is 2. The predicted molar refractivity (Wildman–Crippen MR) is 68.8 cm³/mol. The third-order valence-electron chi connectivity index (χ3n) is 2.45. The zero-order chi connectivity index (χ0) is 12.3. The Morgan fingerprint density at radius 2 is 2.06 bits per heavy atom. The van der Waals surface area contributed by atoms with Crippen molar-refractivity contribution in [2.75, 3.05) is 11.4 Å². The van der Waals surface area contributed by atoms with E-state index in [4.69, 9.17) is 0 Å². The number of aldehydes is 1. The molecule has 2 nitrogen and oxygen atoms in total. The summed E-state index contributed by atoms with van der Waals surface area (Å²) in [6.45, 7) is 2.60. The van der Waals surface area contributed by atoms with E-state index in [1.165, 1.54) is 17.4 Å². The van der Waals surface area contributed by atoms with Crippen molar-refractivity contribution in [2.45, 2.75) is 6.92 Å². The molecule has 0 bridgehead atoms. The molecule has 0 N–H and O–H groups in total. The second-order valence-corrected chi connectivity index (χ2v) is 4.58. The van der Waals surface area contributed by atoms with Crippen LogP contribution in [0.1, 0.15) is 16.6 Å². The van der Waals surface area contributed by atoms with Crippen LogP contribution in [0.5, 0.6) is 0 Å². The van der Waals surface area contributed by atoms with Gasteiger partial charge >= 0.3 is 0 Å². The van der Waals surface area contributed by atoms with Crippen molar-refractivity contribution < 1.29 is 9.18 Å². The molecule has 1 heterocycles. The Balaban J connectivity index is 2.40. The monoisotopic (exact) mass is 249 g/mol. The van der Waals surface area contributed by atoms with Gasteiger partial charge in [-0.2, -0.15) is 0 Å². The van der Waals surface area contributed by atoms with E-state index in [1.54, 1.807) is 24.3 Å². The molecular formula is C13H12FNOS. The minimum Gasteiger partial charge on any atom is -0.331 e. The molecule has 0 fully saturated rings. The summed E-state index contributed by atoms with van der Waals surface area (Å²) in [6.07, 6.45) is 0.809. The van der Waals surface area contributed by atoms with E-state index in [9.17, 15) is 9.18 Å². The van der Waals surface area contributed by atoms with Gasteiger partial charge in [0.05, 0.1) is 15.6 Å². The van der Waals surface area contributed by atoms with Crippen LogP contribution in [-0.2, 0) is 0 Å². The largest absolute Gasteiger partial charge is 0.331 e. The van der Waals surface area contributed by atoms with Crippen molar-refractivity contribution in [3.8, 4) is 0 Å². The highest BCUT2D eigenvalue weighted by Gasteiger charge is 2.13. The van der Waals surface area contributed by atoms with Gasteiger partial charge in [-0.15, -0.1) is 11.3 Å². The summed E-state index contributed by atoms with van der Waals surface area (Å²) in [5.74, 6) is -0.254. The fraction of sp³-hybridized carbons (Fsp3) is 0.154. The Morgan fingerprint density at radius 3 is 2.65 bits per heavy atom. The zero-order valence-electron chi connectivity index (χ0n) is 9.39. The lowest BCUT2D eigenvalue weighted by atomic mass is 10.2. The number of para-hydroxylation sites is 1. The van der Waals surface area contributed by atoms with Crippen LogP contribution >= 0.6 is 11.3 Å². The lowest BCUT2D eigenvalue weighted by molar-refractivity contribution is 0.112. The number of carbonyl (C=O) groups is 1. The molecule has 0 saturated heterocycles. The fourth-order valence-corrected chi connectivity index (χ4v) is 2.57. The zero-order valence-corrected chi connectivity index (χ0v) is 10.2. The second kappa shape index (κ2) is 5.10. The van der Waals surface area contributed by atoms with Gasteiger partial charge in [0, 0.05) is 6.54 Å². The quantitative estimate of drug-likeness (QED) is 0.767. The smallest absolute Gasteiger partial charge is 0.160 e. The molecule has 0 spiro atoms. The van der Waals surface area contributed by atoms with Crippen molar-refractivity contribution in [3.63, 3.8) is 0 Å². The van der Waals surface area contributed by atoms with Crippen molar-refractivity contribution in [3.05, 3.63) is 47.1 Å². The van der Waals surface area contributed by atoms with Gasteiger partial charge in [-0.1, -0.05) is 12.1 Å². The molecule has 0 radical (unpaired) electrons. The number of thiophene rings is 1. The minimum absolute atomic E-state index is 0.254. The summed E-state index contributed by atoms with van der Waals surface area (Å²) >= 11 is 1.36. The maximum atomic E-state index is 13.7. The number of hydrogen-bond donors (Lipinski definition) is 0. The molecular weight excluding hydrogens is 237 g/mol. The Morgan fingerprint density at radius 1 is 1.29 bits per heavy atom. The molecule has 2 aromatic rings. The van der Waals surface area contributed by atoms with Crippen LogP contribution < -0.4 is 4.90 Å². The highest BCUT2D eigenvalue weighted by atomic mass is 32.1. The normalized spacial score (nSPS) is 10.2. The van der Waals surface area contributed by atoms with Gasteiger partial charge in [-0.05, 0) is 31.2 Å². The van der Waals surface area contributed by atoms with Gasteiger partial charge < -0.3 is 4.90 Å². The van der Waals surface area contributed by atoms with Gasteiger partial charge in [0.15, 0.2) is 6.29 Å². The highest BCUT2D eigenvalue weighted by molar-refractivity contribution is 7.17. The molecule has 0 saturated carbocycles. The maximum Gasteiger partial charge on any atom is 0.160 e. The highest BCUT2D eigenvalue weighted by Crippen LogP contribution is 2.32. The molecule has 4 heteroatoms. The Labute approximate surface area is 103 Å². The molecule has 2 rings (SSSR count). The van der Waals surface area contributed by atoms with E-state index in [0.29, 0.717) is 17.1 Å². The molecule has 88 valence electrons. The summed E-state index contributed by atoms with van der Waals surface area (Å²) in [4.78, 5) is 13.2. The summed E-state index contributed by atoms with van der Waals surface area (Å²) in [7, 11) is 0. The average molecular weight is 249 g/mol. The van der Waals surface area contributed by atoms with Crippen molar-refractivity contribution in [1.29, 1.82) is 0 Å². The van der Waals surface area contributed by atoms with Gasteiger partial charge in [0.25, 0.3) is 0 Å². The summed E-state index contributed by atoms with van der Waals surface area (Å²) < 4.78 is 13.7. The van der Waals surface area contributed by atoms with E-state index in [0.717, 1.165) is 11.3 Å². The first-order valence-electron chi connectivity index (χ1n) is 5.33. The first kappa shape index (κ1) is 11.8. The molecule has 0 amide bonds. The second-order valence-electron chi connectivity index (χ2n) is 3.49. The third kappa shape index (κ3) is 2.36. The van der Waals surface area contributed by atoms with E-state index in [1.807, 2.05) is 17.9 Å². The van der Waals surface area contributed by atoms with Crippen LogP contribution in [0.15, 0.2) is 36.4 Å². The molecule has 0 unspecified atom stereocenters. The fourth-order valence-electron chi connectivity index (χ4n) is 1.67. The molecule has 0 atom stereocenters. The van der Waals surface area contributed by atoms with Crippen LogP contribution in [0.4, 0.5) is 15.1 Å². The first-order chi connectivity index (χ1) is 8.26. The average Bonchev–Trinajstić information content (AvgIpc) is 2.81. The molecule has 0 aliphatic heterocycles. The van der Waals surface area contributed by atoms with Crippen molar-refractivity contribution in [2.24, 2.45) is 0 Å². The number of nitrogens with zero attached hydrogens (tertiary/aromatic N) is 1. The van der Waals surface area contributed by atoms with Crippen LogP contribution in [0.2, 0.25) is 0 Å².